The molecule has 0 heterocycles. The summed E-state index contributed by atoms with van der Waals surface area (Å²) in [5.74, 6) is 0. The monoisotopic (exact) mass is 161 g/mol. The molecule has 5 heteroatoms. The highest BCUT2D eigenvalue weighted by Gasteiger charge is 2.20. The lowest BCUT2D eigenvalue weighted by molar-refractivity contribution is -0.0122. The molecule has 4 N–H and O–H groups in total. The molecule has 0 aliphatic carbocycles. The zero-order valence-corrected chi connectivity index (χ0v) is 5.83. The molecule has 0 spiro atoms. The van der Waals surface area contributed by atoms with Crippen LogP contribution in [0.1, 0.15) is 0 Å². The third kappa shape index (κ3) is 3.13. The predicted octanol–water partition coefficient (Wildman–Crippen LogP) is -1.28. The Labute approximate surface area is 63.9 Å². The van der Waals surface area contributed by atoms with Crippen LogP contribution >= 0.6 is 0 Å². The van der Waals surface area contributed by atoms with Gasteiger partial charge < -0.3 is 20.5 Å². The fourth-order valence-electron chi connectivity index (χ4n) is 0.498. The summed E-state index contributed by atoms with van der Waals surface area (Å²) in [5, 5.41) is 37.1. The molecule has 0 fully saturated rings. The van der Waals surface area contributed by atoms with Gasteiger partial charge in [-0.1, -0.05) is 11.2 Å². The van der Waals surface area contributed by atoms with Crippen molar-refractivity contribution < 1.29 is 20.5 Å². The Bertz CT molecular complexity index is 148. The minimum absolute atomic E-state index is 0.706. The molecule has 0 saturated heterocycles. The highest BCUT2D eigenvalue weighted by Crippen LogP contribution is 1.98. The van der Waals surface area contributed by atoms with E-state index in [0.717, 1.165) is 6.08 Å². The van der Waals surface area contributed by atoms with Crippen LogP contribution in [0, 0.1) is 0 Å². The summed E-state index contributed by atoms with van der Waals surface area (Å²) in [7, 11) is 0. The average molecular weight is 161 g/mol. The number of hydrogen-bond acceptors (Lipinski definition) is 5. The van der Waals surface area contributed by atoms with Gasteiger partial charge in [-0.05, 0) is 0 Å². The van der Waals surface area contributed by atoms with Crippen LogP contribution in [-0.2, 0) is 0 Å². The Hall–Kier alpha value is -0.910. The van der Waals surface area contributed by atoms with Crippen LogP contribution in [0.5, 0.6) is 0 Å². The molecule has 0 radical (unpaired) electrons. The molecule has 0 rings (SSSR count). The van der Waals surface area contributed by atoms with E-state index < -0.39 is 18.3 Å². The van der Waals surface area contributed by atoms with Gasteiger partial charge in [0, 0.05) is 0 Å². The molecular formula is C6H11NO4. The van der Waals surface area contributed by atoms with E-state index in [1.54, 1.807) is 0 Å². The molecule has 0 aliphatic rings. The number of hydrogen-bond donors (Lipinski definition) is 4. The molecule has 0 amide bonds. The first-order valence-electron chi connectivity index (χ1n) is 2.97. The second-order valence-corrected chi connectivity index (χ2v) is 1.97. The molecule has 0 aliphatic heterocycles. The van der Waals surface area contributed by atoms with Crippen LogP contribution in [0.25, 0.3) is 0 Å². The summed E-state index contributed by atoms with van der Waals surface area (Å²) in [6.45, 7) is 3.20. The second kappa shape index (κ2) is 4.84. The summed E-state index contributed by atoms with van der Waals surface area (Å²) in [6, 6.07) is 0. The van der Waals surface area contributed by atoms with Crippen molar-refractivity contribution in [1.82, 2.24) is 0 Å². The van der Waals surface area contributed by atoms with Gasteiger partial charge in [-0.25, -0.2) is 0 Å². The van der Waals surface area contributed by atoms with Gasteiger partial charge in [0.1, 0.15) is 18.3 Å². The molecule has 11 heavy (non-hydrogen) atoms. The Morgan fingerprint density at radius 3 is 2.09 bits per heavy atom. The third-order valence-corrected chi connectivity index (χ3v) is 1.16. The van der Waals surface area contributed by atoms with Crippen LogP contribution in [0.15, 0.2) is 17.8 Å². The van der Waals surface area contributed by atoms with Crippen LogP contribution in [0.3, 0.4) is 0 Å². The van der Waals surface area contributed by atoms with Gasteiger partial charge in [0.15, 0.2) is 0 Å². The predicted molar refractivity (Wildman–Crippen MR) is 38.5 cm³/mol. The summed E-state index contributed by atoms with van der Waals surface area (Å²) in [4.78, 5) is 0. The Kier molecular flexibility index (Phi) is 4.44. The van der Waals surface area contributed by atoms with Crippen molar-refractivity contribution in [2.24, 2.45) is 5.16 Å². The molecule has 0 saturated carbocycles. The number of aliphatic hydroxyl groups is 3. The first-order valence-corrected chi connectivity index (χ1v) is 2.97. The minimum Gasteiger partial charge on any atom is -0.411 e. The van der Waals surface area contributed by atoms with Gasteiger partial charge in [0.05, 0.1) is 6.21 Å². The number of nitrogens with zero attached hydrogens (tertiary/aromatic N) is 1. The van der Waals surface area contributed by atoms with E-state index >= 15 is 0 Å². The SMILES string of the molecule is C=C[C@@H](O)[C@H](O)[C@@H](O)/C=N/O. The van der Waals surface area contributed by atoms with Crippen molar-refractivity contribution in [3.8, 4) is 0 Å². The lowest BCUT2D eigenvalue weighted by atomic mass is 10.1. The second-order valence-electron chi connectivity index (χ2n) is 1.97. The summed E-state index contributed by atoms with van der Waals surface area (Å²) in [6.07, 6.45) is -2.27. The molecule has 0 aromatic carbocycles. The maximum absolute atomic E-state index is 8.94. The minimum atomic E-state index is -1.41. The van der Waals surface area contributed by atoms with Crippen molar-refractivity contribution in [3.05, 3.63) is 12.7 Å². The van der Waals surface area contributed by atoms with E-state index in [4.69, 9.17) is 20.5 Å². The lowest BCUT2D eigenvalue weighted by Crippen LogP contribution is -2.36. The van der Waals surface area contributed by atoms with Gasteiger partial charge in [-0.15, -0.1) is 6.58 Å². The molecular weight excluding hydrogens is 150 g/mol. The molecule has 5 nitrogen and oxygen atoms in total. The van der Waals surface area contributed by atoms with Crippen LogP contribution in [0.4, 0.5) is 0 Å². The third-order valence-electron chi connectivity index (χ3n) is 1.16. The van der Waals surface area contributed by atoms with Crippen molar-refractivity contribution in [2.45, 2.75) is 18.3 Å². The quantitative estimate of drug-likeness (QED) is 0.179. The lowest BCUT2D eigenvalue weighted by Gasteiger charge is -2.16. The van der Waals surface area contributed by atoms with Crippen LogP contribution < -0.4 is 0 Å². The Morgan fingerprint density at radius 1 is 1.18 bits per heavy atom. The maximum Gasteiger partial charge on any atom is 0.121 e. The summed E-state index contributed by atoms with van der Waals surface area (Å²) >= 11 is 0. The largest absolute Gasteiger partial charge is 0.411 e. The highest BCUT2D eigenvalue weighted by atomic mass is 16.4. The van der Waals surface area contributed by atoms with E-state index in [1.165, 1.54) is 0 Å². The van der Waals surface area contributed by atoms with Crippen molar-refractivity contribution >= 4 is 6.21 Å². The normalized spacial score (nSPS) is 19.5. The number of oxime groups is 1. The molecule has 3 atom stereocenters. The smallest absolute Gasteiger partial charge is 0.121 e. The Balaban J connectivity index is 3.99. The van der Waals surface area contributed by atoms with Crippen LogP contribution in [0.2, 0.25) is 0 Å². The Morgan fingerprint density at radius 2 is 1.73 bits per heavy atom. The van der Waals surface area contributed by atoms with E-state index in [2.05, 4.69) is 11.7 Å². The molecule has 0 unspecified atom stereocenters. The fourth-order valence-corrected chi connectivity index (χ4v) is 0.498. The van der Waals surface area contributed by atoms with E-state index in [1.807, 2.05) is 0 Å². The van der Waals surface area contributed by atoms with Gasteiger partial charge in [0.2, 0.25) is 0 Å². The average Bonchev–Trinajstić information content (AvgIpc) is 2.02. The molecule has 0 aromatic heterocycles. The molecule has 64 valence electrons. The van der Waals surface area contributed by atoms with Crippen LogP contribution in [-0.4, -0.2) is 45.1 Å². The van der Waals surface area contributed by atoms with Crippen molar-refractivity contribution in [3.63, 3.8) is 0 Å². The first kappa shape index (κ1) is 10.1. The fraction of sp³-hybridized carbons (Fsp3) is 0.500. The van der Waals surface area contributed by atoms with Crippen molar-refractivity contribution in [1.29, 1.82) is 0 Å². The molecule has 0 bridgehead atoms. The number of aliphatic hydroxyl groups excluding tert-OH is 3. The topological polar surface area (TPSA) is 93.3 Å². The first-order chi connectivity index (χ1) is 5.13. The van der Waals surface area contributed by atoms with Crippen molar-refractivity contribution in [2.75, 3.05) is 0 Å². The molecule has 0 aromatic rings. The summed E-state index contributed by atoms with van der Waals surface area (Å²) in [5.41, 5.74) is 0. The number of rotatable bonds is 4. The van der Waals surface area contributed by atoms with E-state index in [0.29, 0.717) is 6.21 Å². The standard InChI is InChI=1S/C6H11NO4/c1-2-4(8)6(10)5(9)3-7-11/h2-6,8-11H,1H2/b7-3+/t4-,5+,6+/m1/s1. The van der Waals surface area contributed by atoms with Gasteiger partial charge in [-0.2, -0.15) is 0 Å². The maximum atomic E-state index is 8.94. The highest BCUT2D eigenvalue weighted by molar-refractivity contribution is 5.62. The zero-order valence-electron chi connectivity index (χ0n) is 5.83. The van der Waals surface area contributed by atoms with E-state index in [9.17, 15) is 0 Å². The van der Waals surface area contributed by atoms with Gasteiger partial charge >= 0.3 is 0 Å². The zero-order chi connectivity index (χ0) is 8.85. The van der Waals surface area contributed by atoms with Gasteiger partial charge in [0.25, 0.3) is 0 Å². The van der Waals surface area contributed by atoms with Gasteiger partial charge in [-0.3, -0.25) is 0 Å². The summed E-state index contributed by atoms with van der Waals surface area (Å²) < 4.78 is 0. The van der Waals surface area contributed by atoms with E-state index in [-0.39, 0.29) is 0 Å².